The number of carbonyl (C=O) groups is 2. The van der Waals surface area contributed by atoms with Crippen LogP contribution in [0.3, 0.4) is 0 Å². The van der Waals surface area contributed by atoms with Gasteiger partial charge in [-0.2, -0.15) is 0 Å². The van der Waals surface area contributed by atoms with E-state index in [2.05, 4.69) is 19.8 Å². The topological polar surface area (TPSA) is 86.8 Å². The van der Waals surface area contributed by atoms with Crippen LogP contribution in [0.25, 0.3) is 0 Å². The largest absolute Gasteiger partial charge is 0.508 e. The third-order valence-electron chi connectivity index (χ3n) is 2.64. The van der Waals surface area contributed by atoms with Crippen LogP contribution in [0, 0.1) is 0 Å². The molecule has 22 heavy (non-hydrogen) atoms. The number of nitrogens with one attached hydrogen (secondary N) is 1. The van der Waals surface area contributed by atoms with E-state index >= 15 is 0 Å². The fraction of sp³-hybridized carbons (Fsp3) is 0.357. The Balaban J connectivity index is 2.77. The van der Waals surface area contributed by atoms with Gasteiger partial charge in [-0.25, -0.2) is 14.6 Å². The van der Waals surface area contributed by atoms with Crippen molar-refractivity contribution < 1.29 is 23.8 Å². The van der Waals surface area contributed by atoms with Gasteiger partial charge >= 0.3 is 12.1 Å². The van der Waals surface area contributed by atoms with E-state index in [0.29, 0.717) is 17.4 Å². The molecule has 0 bridgehead atoms. The van der Waals surface area contributed by atoms with Gasteiger partial charge in [-0.1, -0.05) is 17.7 Å². The van der Waals surface area contributed by atoms with Crippen molar-refractivity contribution in [2.24, 2.45) is 0 Å². The Hall–Kier alpha value is -2.28. The molecule has 0 fully saturated rings. The molecule has 1 rings (SSSR count). The number of carbonyl (C=O) groups excluding carboxylic acids is 2. The van der Waals surface area contributed by atoms with E-state index in [1.54, 1.807) is 25.3 Å². The number of hydrogen-bond acceptors (Lipinski definition) is 7. The Kier molecular flexibility index (Phi) is 7.18. The predicted molar refractivity (Wildman–Crippen MR) is 79.1 cm³/mol. The highest BCUT2D eigenvalue weighted by Gasteiger charge is 2.16. The van der Waals surface area contributed by atoms with E-state index in [1.165, 1.54) is 20.3 Å². The maximum absolute atomic E-state index is 11.4. The Bertz CT molecular complexity index is 545. The molecule has 0 amide bonds. The van der Waals surface area contributed by atoms with Crippen LogP contribution in [0.4, 0.5) is 4.79 Å². The third kappa shape index (κ3) is 6.01. The Morgan fingerprint density at radius 1 is 1.36 bits per heavy atom. The molecule has 1 aromatic heterocycles. The highest BCUT2D eigenvalue weighted by atomic mass is 35.5. The molecule has 1 atom stereocenters. The fourth-order valence-electron chi connectivity index (χ4n) is 1.47. The molecule has 8 heteroatoms. The maximum atomic E-state index is 11.4. The van der Waals surface area contributed by atoms with Gasteiger partial charge in [0.25, 0.3) is 0 Å². The van der Waals surface area contributed by atoms with Gasteiger partial charge in [0, 0.05) is 18.8 Å². The van der Waals surface area contributed by atoms with E-state index < -0.39 is 18.2 Å². The summed E-state index contributed by atoms with van der Waals surface area (Å²) in [6.45, 7) is 1.96. The summed E-state index contributed by atoms with van der Waals surface area (Å²) in [6, 6.07) is 3.43. The predicted octanol–water partition coefficient (Wildman–Crippen LogP) is 2.05. The number of hydrogen-bond donors (Lipinski definition) is 1. The lowest BCUT2D eigenvalue weighted by Gasteiger charge is -2.17. The summed E-state index contributed by atoms with van der Waals surface area (Å²) >= 11 is 5.71. The van der Waals surface area contributed by atoms with Gasteiger partial charge in [-0.3, -0.25) is 0 Å². The Morgan fingerprint density at radius 2 is 2.09 bits per heavy atom. The maximum Gasteiger partial charge on any atom is 0.508 e. The number of aromatic nitrogens is 1. The number of rotatable bonds is 6. The van der Waals surface area contributed by atoms with Gasteiger partial charge < -0.3 is 19.5 Å². The molecule has 7 nitrogen and oxygen atoms in total. The molecule has 1 heterocycles. The van der Waals surface area contributed by atoms with Crippen LogP contribution in [0.2, 0.25) is 5.15 Å². The van der Waals surface area contributed by atoms with Gasteiger partial charge in [0.1, 0.15) is 11.3 Å². The number of nitrogens with zero attached hydrogens (tertiary/aromatic N) is 1. The van der Waals surface area contributed by atoms with Crippen LogP contribution < -0.4 is 5.32 Å². The van der Waals surface area contributed by atoms with E-state index in [4.69, 9.17) is 16.3 Å². The van der Waals surface area contributed by atoms with Crippen LogP contribution in [-0.2, 0) is 25.5 Å². The van der Waals surface area contributed by atoms with E-state index in [1.807, 2.05) is 0 Å². The number of ether oxygens (including phenoxy) is 3. The Morgan fingerprint density at radius 3 is 2.64 bits per heavy atom. The molecule has 0 radical (unpaired) electrons. The number of methoxy groups -OCH3 is 2. The molecule has 0 aliphatic carbocycles. The Labute approximate surface area is 133 Å². The van der Waals surface area contributed by atoms with Crippen molar-refractivity contribution in [3.8, 4) is 0 Å². The van der Waals surface area contributed by atoms with Gasteiger partial charge in [0.2, 0.25) is 0 Å². The number of pyridine rings is 1. The van der Waals surface area contributed by atoms with E-state index in [9.17, 15) is 9.59 Å². The molecule has 1 unspecified atom stereocenters. The third-order valence-corrected chi connectivity index (χ3v) is 2.86. The molecule has 0 saturated heterocycles. The lowest BCUT2D eigenvalue weighted by Crippen LogP contribution is -2.27. The highest BCUT2D eigenvalue weighted by molar-refractivity contribution is 6.29. The highest BCUT2D eigenvalue weighted by Crippen LogP contribution is 2.09. The van der Waals surface area contributed by atoms with Crippen LogP contribution in [-0.4, -0.2) is 37.4 Å². The standard InChI is InChI=1S/C14H17ClN2O5/c1-9(22-14(19)21-3)11(6-13(18)20-2)16-7-10-4-5-12(15)17-8-10/h4-6,8-9,16H,7H2,1-3H3/b11-6+. The summed E-state index contributed by atoms with van der Waals surface area (Å²) in [5.41, 5.74) is 1.21. The van der Waals surface area contributed by atoms with Crippen molar-refractivity contribution in [2.75, 3.05) is 14.2 Å². The van der Waals surface area contributed by atoms with Gasteiger partial charge in [-0.05, 0) is 18.6 Å². The molecular formula is C14H17ClN2O5. The monoisotopic (exact) mass is 328 g/mol. The molecule has 120 valence electrons. The van der Waals surface area contributed by atoms with Crippen molar-refractivity contribution in [3.05, 3.63) is 40.8 Å². The molecule has 0 saturated carbocycles. The minimum absolute atomic E-state index is 0.363. The summed E-state index contributed by atoms with van der Waals surface area (Å²) in [4.78, 5) is 26.5. The first-order valence-electron chi connectivity index (χ1n) is 6.34. The second-order valence-corrected chi connectivity index (χ2v) is 4.57. The molecule has 1 aromatic rings. The summed E-state index contributed by atoms with van der Waals surface area (Å²) in [7, 11) is 2.46. The lowest BCUT2D eigenvalue weighted by atomic mass is 10.2. The second kappa shape index (κ2) is 8.89. The zero-order valence-corrected chi connectivity index (χ0v) is 13.2. The quantitative estimate of drug-likeness (QED) is 0.486. The van der Waals surface area contributed by atoms with Crippen molar-refractivity contribution >= 4 is 23.7 Å². The first-order valence-corrected chi connectivity index (χ1v) is 6.72. The SMILES string of the molecule is COC(=O)/C=C(/NCc1ccc(Cl)nc1)C(C)OC(=O)OC. The lowest BCUT2D eigenvalue weighted by molar-refractivity contribution is -0.135. The van der Waals surface area contributed by atoms with Crippen molar-refractivity contribution in [2.45, 2.75) is 19.6 Å². The van der Waals surface area contributed by atoms with Gasteiger partial charge in [-0.15, -0.1) is 0 Å². The van der Waals surface area contributed by atoms with Gasteiger partial charge in [0.05, 0.1) is 19.9 Å². The van der Waals surface area contributed by atoms with Crippen LogP contribution in [0.5, 0.6) is 0 Å². The second-order valence-electron chi connectivity index (χ2n) is 4.18. The average molecular weight is 329 g/mol. The molecule has 0 aliphatic heterocycles. The van der Waals surface area contributed by atoms with E-state index in [-0.39, 0.29) is 0 Å². The first-order chi connectivity index (χ1) is 10.5. The summed E-state index contributed by atoms with van der Waals surface area (Å²) < 4.78 is 14.0. The van der Waals surface area contributed by atoms with Crippen LogP contribution in [0.1, 0.15) is 12.5 Å². The van der Waals surface area contributed by atoms with Gasteiger partial charge in [0.15, 0.2) is 0 Å². The molecule has 0 aromatic carbocycles. The zero-order valence-electron chi connectivity index (χ0n) is 12.5. The zero-order chi connectivity index (χ0) is 16.5. The summed E-state index contributed by atoms with van der Waals surface area (Å²) in [5.74, 6) is -0.572. The molecule has 0 aliphatic rings. The van der Waals surface area contributed by atoms with Crippen LogP contribution in [0.15, 0.2) is 30.1 Å². The fourth-order valence-corrected chi connectivity index (χ4v) is 1.58. The molecule has 1 N–H and O–H groups in total. The minimum Gasteiger partial charge on any atom is -0.466 e. The smallest absolute Gasteiger partial charge is 0.466 e. The summed E-state index contributed by atoms with van der Waals surface area (Å²) in [5, 5.41) is 3.38. The van der Waals surface area contributed by atoms with Crippen molar-refractivity contribution in [3.63, 3.8) is 0 Å². The summed E-state index contributed by atoms with van der Waals surface area (Å²) in [6.07, 6.45) is 1.23. The number of esters is 1. The van der Waals surface area contributed by atoms with Crippen molar-refractivity contribution in [1.82, 2.24) is 10.3 Å². The van der Waals surface area contributed by atoms with Crippen molar-refractivity contribution in [1.29, 1.82) is 0 Å². The van der Waals surface area contributed by atoms with Crippen LogP contribution >= 0.6 is 11.6 Å². The molecular weight excluding hydrogens is 312 g/mol. The molecule has 0 spiro atoms. The number of halogens is 1. The first kappa shape index (κ1) is 17.8. The minimum atomic E-state index is -0.849. The average Bonchev–Trinajstić information content (AvgIpc) is 2.52. The normalized spacial score (nSPS) is 12.3. The van der Waals surface area contributed by atoms with E-state index in [0.717, 1.165) is 5.56 Å².